The fourth-order valence-electron chi connectivity index (χ4n) is 3.37. The normalized spacial score (nSPS) is 22.8. The van der Waals surface area contributed by atoms with Gasteiger partial charge in [0.25, 0.3) is 5.91 Å². The lowest BCUT2D eigenvalue weighted by Gasteiger charge is -2.38. The monoisotopic (exact) mass is 333 g/mol. The molecule has 1 aromatic carbocycles. The highest BCUT2D eigenvalue weighted by Gasteiger charge is 2.29. The zero-order valence-electron chi connectivity index (χ0n) is 14.1. The van der Waals surface area contributed by atoms with Gasteiger partial charge in [-0.25, -0.2) is 4.79 Å². The van der Waals surface area contributed by atoms with E-state index in [0.717, 1.165) is 19.3 Å². The molecule has 0 aromatic heterocycles. The minimum atomic E-state index is -0.530. The minimum Gasteiger partial charge on any atom is -0.486 e. The van der Waals surface area contributed by atoms with Crippen molar-refractivity contribution in [2.45, 2.75) is 45.2 Å². The zero-order chi connectivity index (χ0) is 17.1. The summed E-state index contributed by atoms with van der Waals surface area (Å²) in [6, 6.07) is 5.27. The van der Waals surface area contributed by atoms with E-state index in [1.54, 1.807) is 18.2 Å². The number of hydrogen-bond donors (Lipinski definition) is 0. The van der Waals surface area contributed by atoms with Crippen molar-refractivity contribution in [3.8, 4) is 11.5 Å². The molecule has 0 bridgehead atoms. The van der Waals surface area contributed by atoms with Gasteiger partial charge in [-0.05, 0) is 51.3 Å². The van der Waals surface area contributed by atoms with Gasteiger partial charge in [0.15, 0.2) is 18.1 Å². The molecule has 130 valence electrons. The van der Waals surface area contributed by atoms with Crippen molar-refractivity contribution in [2.24, 2.45) is 0 Å². The highest BCUT2D eigenvalue weighted by atomic mass is 16.6. The first kappa shape index (κ1) is 16.6. The topological polar surface area (TPSA) is 65.1 Å². The maximum Gasteiger partial charge on any atom is 0.338 e. The summed E-state index contributed by atoms with van der Waals surface area (Å²) in [6.07, 6.45) is 3.11. The molecule has 2 heterocycles. The van der Waals surface area contributed by atoms with Gasteiger partial charge in [-0.15, -0.1) is 0 Å². The number of ether oxygens (including phenoxy) is 3. The summed E-state index contributed by atoms with van der Waals surface area (Å²) in [5.74, 6) is 0.475. The third-order valence-corrected chi connectivity index (χ3v) is 4.59. The van der Waals surface area contributed by atoms with Crippen molar-refractivity contribution in [3.05, 3.63) is 23.8 Å². The van der Waals surface area contributed by atoms with Crippen LogP contribution in [0.15, 0.2) is 18.2 Å². The van der Waals surface area contributed by atoms with Crippen molar-refractivity contribution in [1.82, 2.24) is 4.90 Å². The van der Waals surface area contributed by atoms with E-state index in [9.17, 15) is 9.59 Å². The van der Waals surface area contributed by atoms with Gasteiger partial charge in [0.05, 0.1) is 5.56 Å². The van der Waals surface area contributed by atoms with Crippen LogP contribution in [0.3, 0.4) is 0 Å². The number of carbonyl (C=O) groups excluding carboxylic acids is 2. The smallest absolute Gasteiger partial charge is 0.338 e. The summed E-state index contributed by atoms with van der Waals surface area (Å²) in [6.45, 7) is 4.79. The predicted octanol–water partition coefficient (Wildman–Crippen LogP) is 2.40. The van der Waals surface area contributed by atoms with Crippen molar-refractivity contribution in [2.75, 3.05) is 19.8 Å². The fourth-order valence-corrected chi connectivity index (χ4v) is 3.37. The first-order valence-corrected chi connectivity index (χ1v) is 8.44. The Bertz CT molecular complexity index is 620. The average Bonchev–Trinajstić information content (AvgIpc) is 2.59. The molecule has 1 aromatic rings. The maximum atomic E-state index is 12.4. The first-order valence-electron chi connectivity index (χ1n) is 8.44. The highest BCUT2D eigenvalue weighted by Crippen LogP contribution is 2.31. The van der Waals surface area contributed by atoms with E-state index >= 15 is 0 Å². The van der Waals surface area contributed by atoms with Crippen LogP contribution in [0.2, 0.25) is 0 Å². The summed E-state index contributed by atoms with van der Waals surface area (Å²) < 4.78 is 16.1. The van der Waals surface area contributed by atoms with Gasteiger partial charge >= 0.3 is 5.97 Å². The lowest BCUT2D eigenvalue weighted by molar-refractivity contribution is -0.140. The number of fused-ring (bicyclic) bond motifs is 1. The van der Waals surface area contributed by atoms with E-state index in [1.807, 2.05) is 18.7 Å². The Morgan fingerprint density at radius 1 is 1.12 bits per heavy atom. The molecule has 3 rings (SSSR count). The summed E-state index contributed by atoms with van der Waals surface area (Å²) in [5, 5.41) is 0. The molecule has 2 aliphatic heterocycles. The van der Waals surface area contributed by atoms with Crippen molar-refractivity contribution in [1.29, 1.82) is 0 Å². The van der Waals surface area contributed by atoms with E-state index in [2.05, 4.69) is 0 Å². The lowest BCUT2D eigenvalue weighted by Crippen LogP contribution is -2.49. The maximum absolute atomic E-state index is 12.4. The van der Waals surface area contributed by atoms with E-state index in [1.165, 1.54) is 0 Å². The molecule has 1 amide bonds. The van der Waals surface area contributed by atoms with Crippen LogP contribution in [0.5, 0.6) is 11.5 Å². The van der Waals surface area contributed by atoms with Crippen LogP contribution in [0.4, 0.5) is 0 Å². The van der Waals surface area contributed by atoms with Gasteiger partial charge in [0, 0.05) is 12.1 Å². The largest absolute Gasteiger partial charge is 0.486 e. The molecule has 6 nitrogen and oxygen atoms in total. The molecule has 2 aliphatic rings. The number of esters is 1. The summed E-state index contributed by atoms with van der Waals surface area (Å²) >= 11 is 0. The standard InChI is InChI=1S/C18H23NO5/c1-12-4-3-5-13(2)19(12)17(20)11-24-18(21)14-6-7-15-16(10-14)23-9-8-22-15/h6-7,10,12-13H,3-5,8-9,11H2,1-2H3/t12-,13-/m0/s1. The van der Waals surface area contributed by atoms with Gasteiger partial charge < -0.3 is 19.1 Å². The van der Waals surface area contributed by atoms with Gasteiger partial charge in [-0.2, -0.15) is 0 Å². The van der Waals surface area contributed by atoms with Crippen LogP contribution in [0.1, 0.15) is 43.5 Å². The lowest BCUT2D eigenvalue weighted by atomic mass is 9.97. The molecule has 24 heavy (non-hydrogen) atoms. The molecule has 0 spiro atoms. The minimum absolute atomic E-state index is 0.138. The van der Waals surface area contributed by atoms with E-state index < -0.39 is 5.97 Å². The number of likely N-dealkylation sites (tertiary alicyclic amines) is 1. The van der Waals surface area contributed by atoms with Crippen molar-refractivity contribution >= 4 is 11.9 Å². The second-order valence-corrected chi connectivity index (χ2v) is 6.36. The third-order valence-electron chi connectivity index (χ3n) is 4.59. The van der Waals surface area contributed by atoms with E-state index in [-0.39, 0.29) is 24.6 Å². The van der Waals surface area contributed by atoms with Gasteiger partial charge in [-0.1, -0.05) is 0 Å². The van der Waals surface area contributed by atoms with Crippen LogP contribution in [-0.4, -0.2) is 48.7 Å². The molecule has 0 unspecified atom stereocenters. The van der Waals surface area contributed by atoms with Crippen LogP contribution in [0.25, 0.3) is 0 Å². The van der Waals surface area contributed by atoms with Crippen LogP contribution < -0.4 is 9.47 Å². The summed E-state index contributed by atoms with van der Waals surface area (Å²) in [5.41, 5.74) is 0.354. The second-order valence-electron chi connectivity index (χ2n) is 6.36. The van der Waals surface area contributed by atoms with Gasteiger partial charge in [-0.3, -0.25) is 4.79 Å². The number of nitrogens with zero attached hydrogens (tertiary/aromatic N) is 1. The number of rotatable bonds is 3. The highest BCUT2D eigenvalue weighted by molar-refractivity contribution is 5.92. The molecule has 1 saturated heterocycles. The first-order chi connectivity index (χ1) is 11.6. The molecule has 2 atom stereocenters. The Balaban J connectivity index is 1.60. The molecular formula is C18H23NO5. The Morgan fingerprint density at radius 2 is 1.79 bits per heavy atom. The van der Waals surface area contributed by atoms with Crippen LogP contribution in [0, 0.1) is 0 Å². The van der Waals surface area contributed by atoms with Gasteiger partial charge in [0.2, 0.25) is 0 Å². The molecule has 0 N–H and O–H groups in total. The van der Waals surface area contributed by atoms with Crippen LogP contribution in [-0.2, 0) is 9.53 Å². The van der Waals surface area contributed by atoms with Crippen molar-refractivity contribution in [3.63, 3.8) is 0 Å². The molecule has 0 saturated carbocycles. The number of amides is 1. The Labute approximate surface area is 141 Å². The summed E-state index contributed by atoms with van der Waals surface area (Å²) in [7, 11) is 0. The third kappa shape index (κ3) is 3.47. The average molecular weight is 333 g/mol. The Morgan fingerprint density at radius 3 is 2.50 bits per heavy atom. The van der Waals surface area contributed by atoms with Gasteiger partial charge in [0.1, 0.15) is 13.2 Å². The van der Waals surface area contributed by atoms with Crippen LogP contribution >= 0.6 is 0 Å². The zero-order valence-corrected chi connectivity index (χ0v) is 14.1. The Hall–Kier alpha value is -2.24. The fraction of sp³-hybridized carbons (Fsp3) is 0.556. The van der Waals surface area contributed by atoms with E-state index in [0.29, 0.717) is 30.3 Å². The quantitative estimate of drug-likeness (QED) is 0.795. The summed E-state index contributed by atoms with van der Waals surface area (Å²) in [4.78, 5) is 26.4. The molecular weight excluding hydrogens is 310 g/mol. The molecule has 0 aliphatic carbocycles. The molecule has 0 radical (unpaired) electrons. The SMILES string of the molecule is C[C@H]1CCC[C@H](C)N1C(=O)COC(=O)c1ccc2c(c1)OCCO2. The number of hydrogen-bond acceptors (Lipinski definition) is 5. The number of benzene rings is 1. The molecule has 6 heteroatoms. The number of carbonyl (C=O) groups is 2. The number of piperidine rings is 1. The predicted molar refractivity (Wildman–Crippen MR) is 87.3 cm³/mol. The van der Waals surface area contributed by atoms with E-state index in [4.69, 9.17) is 14.2 Å². The van der Waals surface area contributed by atoms with Crippen molar-refractivity contribution < 1.29 is 23.8 Å². The Kier molecular flexibility index (Phi) is 4.92. The molecule has 1 fully saturated rings. The second kappa shape index (κ2) is 7.11.